The molecule has 1 aromatic carbocycles. The van der Waals surface area contributed by atoms with Crippen LogP contribution in [0.3, 0.4) is 0 Å². The van der Waals surface area contributed by atoms with Crippen LogP contribution in [0.15, 0.2) is 36.5 Å². The first kappa shape index (κ1) is 13.2. The highest BCUT2D eigenvalue weighted by atomic mass is 19.1. The van der Waals surface area contributed by atoms with Crippen LogP contribution in [0.1, 0.15) is 21.7 Å². The number of fused-ring (bicyclic) bond motifs is 1. The second-order valence-corrected chi connectivity index (χ2v) is 4.80. The van der Waals surface area contributed by atoms with Crippen LogP contribution < -0.4 is 5.32 Å². The molecule has 0 unspecified atom stereocenters. The molecule has 1 N–H and O–H groups in total. The Bertz CT molecular complexity index is 841. The van der Waals surface area contributed by atoms with E-state index < -0.39 is 0 Å². The van der Waals surface area contributed by atoms with E-state index in [-0.39, 0.29) is 11.7 Å². The van der Waals surface area contributed by atoms with Crippen LogP contribution >= 0.6 is 0 Å². The van der Waals surface area contributed by atoms with Gasteiger partial charge in [-0.15, -0.1) is 0 Å². The van der Waals surface area contributed by atoms with Gasteiger partial charge in [0.15, 0.2) is 5.65 Å². The fourth-order valence-corrected chi connectivity index (χ4v) is 2.06. The molecule has 2 heterocycles. The molecule has 2 aromatic heterocycles. The number of aryl methyl sites for hydroxylation is 2. The average Bonchev–Trinajstić information content (AvgIpc) is 2.81. The van der Waals surface area contributed by atoms with Gasteiger partial charge in [0, 0.05) is 5.56 Å². The Balaban J connectivity index is 1.86. The summed E-state index contributed by atoms with van der Waals surface area (Å²) in [6.45, 7) is 3.42. The third-order valence-electron chi connectivity index (χ3n) is 3.11. The summed E-state index contributed by atoms with van der Waals surface area (Å²) in [7, 11) is 0. The van der Waals surface area contributed by atoms with E-state index in [0.29, 0.717) is 28.3 Å². The van der Waals surface area contributed by atoms with Gasteiger partial charge in [0.05, 0.1) is 11.9 Å². The molecule has 1 amide bonds. The summed E-state index contributed by atoms with van der Waals surface area (Å²) in [6, 6.07) is 7.77. The number of carbonyl (C=O) groups is 1. The van der Waals surface area contributed by atoms with Crippen molar-refractivity contribution >= 4 is 17.2 Å². The van der Waals surface area contributed by atoms with E-state index in [0.717, 1.165) is 0 Å². The number of aromatic nitrogens is 3. The highest BCUT2D eigenvalue weighted by molar-refractivity contribution is 6.04. The van der Waals surface area contributed by atoms with E-state index >= 15 is 0 Å². The highest BCUT2D eigenvalue weighted by Gasteiger charge is 2.09. The van der Waals surface area contributed by atoms with Crippen molar-refractivity contribution in [1.29, 1.82) is 0 Å². The van der Waals surface area contributed by atoms with E-state index in [1.54, 1.807) is 36.7 Å². The molecule has 0 saturated heterocycles. The number of anilines is 1. The number of nitrogens with zero attached hydrogens (tertiary/aromatic N) is 3. The van der Waals surface area contributed by atoms with Crippen molar-refractivity contribution in [3.63, 3.8) is 0 Å². The molecule has 3 aromatic rings. The Morgan fingerprint density at radius 3 is 2.81 bits per heavy atom. The first-order valence-electron chi connectivity index (χ1n) is 6.43. The van der Waals surface area contributed by atoms with Crippen molar-refractivity contribution in [3.8, 4) is 0 Å². The standard InChI is InChI=1S/C15H13FN4O/c1-9-7-11(3-5-13(9)16)15(21)18-12-4-6-14-17-10(2)19-20(14)8-12/h3-8H,1-2H3,(H,18,21). The van der Waals surface area contributed by atoms with Gasteiger partial charge >= 0.3 is 0 Å². The van der Waals surface area contributed by atoms with Crippen LogP contribution in [0.5, 0.6) is 0 Å². The van der Waals surface area contributed by atoms with Crippen LogP contribution in [0.25, 0.3) is 5.65 Å². The molecular formula is C15H13FN4O. The zero-order valence-corrected chi connectivity index (χ0v) is 11.6. The van der Waals surface area contributed by atoms with Crippen molar-refractivity contribution in [2.45, 2.75) is 13.8 Å². The topological polar surface area (TPSA) is 59.3 Å². The molecule has 0 bridgehead atoms. The summed E-state index contributed by atoms with van der Waals surface area (Å²) in [5, 5.41) is 6.94. The van der Waals surface area contributed by atoms with E-state index in [4.69, 9.17) is 0 Å². The Morgan fingerprint density at radius 1 is 1.24 bits per heavy atom. The zero-order chi connectivity index (χ0) is 15.0. The molecule has 0 aliphatic rings. The third kappa shape index (κ3) is 2.60. The van der Waals surface area contributed by atoms with Gasteiger partial charge in [0.25, 0.3) is 5.91 Å². The molecule has 6 heteroatoms. The molecule has 0 spiro atoms. The lowest BCUT2D eigenvalue weighted by Gasteiger charge is -2.06. The van der Waals surface area contributed by atoms with Crippen LogP contribution in [-0.2, 0) is 0 Å². The lowest BCUT2D eigenvalue weighted by atomic mass is 10.1. The van der Waals surface area contributed by atoms with Gasteiger partial charge in [-0.25, -0.2) is 13.9 Å². The smallest absolute Gasteiger partial charge is 0.255 e. The monoisotopic (exact) mass is 284 g/mol. The lowest BCUT2D eigenvalue weighted by Crippen LogP contribution is -2.12. The fraction of sp³-hybridized carbons (Fsp3) is 0.133. The average molecular weight is 284 g/mol. The summed E-state index contributed by atoms with van der Waals surface area (Å²) in [5.41, 5.74) is 2.15. The zero-order valence-electron chi connectivity index (χ0n) is 11.6. The molecule has 0 aliphatic heterocycles. The van der Waals surface area contributed by atoms with Gasteiger partial charge in [-0.2, -0.15) is 5.10 Å². The first-order valence-corrected chi connectivity index (χ1v) is 6.43. The van der Waals surface area contributed by atoms with Crippen LogP contribution in [0.2, 0.25) is 0 Å². The van der Waals surface area contributed by atoms with Crippen molar-refractivity contribution < 1.29 is 9.18 Å². The van der Waals surface area contributed by atoms with Gasteiger partial charge in [-0.3, -0.25) is 4.79 Å². The van der Waals surface area contributed by atoms with Crippen molar-refractivity contribution in [2.75, 3.05) is 5.32 Å². The number of pyridine rings is 1. The normalized spacial score (nSPS) is 10.8. The molecule has 0 radical (unpaired) electrons. The summed E-state index contributed by atoms with van der Waals surface area (Å²) >= 11 is 0. The number of nitrogens with one attached hydrogen (secondary N) is 1. The molecular weight excluding hydrogens is 271 g/mol. The SMILES string of the molecule is Cc1nc2ccc(NC(=O)c3ccc(F)c(C)c3)cn2n1. The second-order valence-electron chi connectivity index (χ2n) is 4.80. The maximum Gasteiger partial charge on any atom is 0.255 e. The Hall–Kier alpha value is -2.76. The number of rotatable bonds is 2. The minimum atomic E-state index is -0.328. The number of hydrogen-bond acceptors (Lipinski definition) is 3. The van der Waals surface area contributed by atoms with Crippen LogP contribution in [0.4, 0.5) is 10.1 Å². The number of halogens is 1. The maximum atomic E-state index is 13.2. The van der Waals surface area contributed by atoms with Gasteiger partial charge in [0.2, 0.25) is 0 Å². The van der Waals surface area contributed by atoms with Crippen molar-refractivity contribution in [2.24, 2.45) is 0 Å². The molecule has 0 saturated carbocycles. The minimum Gasteiger partial charge on any atom is -0.321 e. The summed E-state index contributed by atoms with van der Waals surface area (Å²) in [5.74, 6) is 0.0352. The number of amides is 1. The predicted octanol–water partition coefficient (Wildman–Crippen LogP) is 2.74. The van der Waals surface area contributed by atoms with E-state index in [9.17, 15) is 9.18 Å². The first-order chi connectivity index (χ1) is 10.0. The van der Waals surface area contributed by atoms with Gasteiger partial charge in [-0.1, -0.05) is 0 Å². The largest absolute Gasteiger partial charge is 0.321 e. The summed E-state index contributed by atoms with van der Waals surface area (Å²) in [4.78, 5) is 16.4. The highest BCUT2D eigenvalue weighted by Crippen LogP contribution is 2.13. The summed E-state index contributed by atoms with van der Waals surface area (Å²) in [6.07, 6.45) is 1.68. The molecule has 5 nitrogen and oxygen atoms in total. The Labute approximate surface area is 120 Å². The predicted molar refractivity (Wildman–Crippen MR) is 76.8 cm³/mol. The number of benzene rings is 1. The lowest BCUT2D eigenvalue weighted by molar-refractivity contribution is 0.102. The third-order valence-corrected chi connectivity index (χ3v) is 3.11. The molecule has 106 valence electrons. The fourth-order valence-electron chi connectivity index (χ4n) is 2.06. The number of carbonyl (C=O) groups excluding carboxylic acids is 1. The maximum absolute atomic E-state index is 13.2. The number of hydrogen-bond donors (Lipinski definition) is 1. The van der Waals surface area contributed by atoms with E-state index in [1.807, 2.05) is 0 Å². The molecule has 3 rings (SSSR count). The molecule has 0 atom stereocenters. The quantitative estimate of drug-likeness (QED) is 0.787. The second kappa shape index (κ2) is 4.97. The molecule has 21 heavy (non-hydrogen) atoms. The van der Waals surface area contributed by atoms with Crippen LogP contribution in [0, 0.1) is 19.7 Å². The van der Waals surface area contributed by atoms with Crippen molar-refractivity contribution in [1.82, 2.24) is 14.6 Å². The van der Waals surface area contributed by atoms with Crippen LogP contribution in [-0.4, -0.2) is 20.5 Å². The van der Waals surface area contributed by atoms with Gasteiger partial charge in [-0.05, 0) is 49.7 Å². The van der Waals surface area contributed by atoms with E-state index in [1.165, 1.54) is 18.2 Å². The molecule has 0 fully saturated rings. The summed E-state index contributed by atoms with van der Waals surface area (Å²) < 4.78 is 14.8. The Morgan fingerprint density at radius 2 is 2.05 bits per heavy atom. The molecule has 0 aliphatic carbocycles. The van der Waals surface area contributed by atoms with Gasteiger partial charge < -0.3 is 5.32 Å². The van der Waals surface area contributed by atoms with Crippen molar-refractivity contribution in [3.05, 3.63) is 59.3 Å². The van der Waals surface area contributed by atoms with Gasteiger partial charge in [0.1, 0.15) is 11.6 Å². The minimum absolute atomic E-state index is 0.297. The van der Waals surface area contributed by atoms with E-state index in [2.05, 4.69) is 15.4 Å². The Kier molecular flexibility index (Phi) is 3.13.